The highest BCUT2D eigenvalue weighted by atomic mass is 16.5. The molecule has 0 aromatic heterocycles. The van der Waals surface area contributed by atoms with Crippen molar-refractivity contribution in [2.45, 2.75) is 26.2 Å². The lowest BCUT2D eigenvalue weighted by molar-refractivity contribution is -0.124. The van der Waals surface area contributed by atoms with Gasteiger partial charge in [0.2, 0.25) is 0 Å². The average Bonchev–Trinajstić information content (AvgIpc) is 2.57. The maximum absolute atomic E-state index is 12.0. The number of phenols is 1. The van der Waals surface area contributed by atoms with Crippen LogP contribution < -0.4 is 5.32 Å². The molecule has 0 bridgehead atoms. The molecule has 0 spiro atoms. The lowest BCUT2D eigenvalue weighted by atomic mass is 10.1. The number of fused-ring (bicyclic) bond motifs is 1. The van der Waals surface area contributed by atoms with Crippen LogP contribution in [0.2, 0.25) is 0 Å². The number of hydrogen-bond acceptors (Lipinski definition) is 4. The van der Waals surface area contributed by atoms with Crippen molar-refractivity contribution in [2.24, 2.45) is 0 Å². The number of rotatable bonds is 7. The van der Waals surface area contributed by atoms with Crippen molar-refractivity contribution in [3.05, 3.63) is 42.0 Å². The zero-order valence-corrected chi connectivity index (χ0v) is 13.2. The Morgan fingerprint density at radius 2 is 1.91 bits per heavy atom. The number of hydrogen-bond donors (Lipinski definition) is 2. The van der Waals surface area contributed by atoms with Crippen LogP contribution in [-0.4, -0.2) is 30.1 Å². The second-order valence-corrected chi connectivity index (χ2v) is 5.32. The van der Waals surface area contributed by atoms with Crippen LogP contribution in [0.3, 0.4) is 0 Å². The monoisotopic (exact) mass is 315 g/mol. The topological polar surface area (TPSA) is 75.6 Å². The van der Waals surface area contributed by atoms with E-state index < -0.39 is 5.97 Å². The minimum atomic E-state index is -0.711. The fourth-order valence-electron chi connectivity index (χ4n) is 2.28. The number of ether oxygens (including phenoxy) is 1. The van der Waals surface area contributed by atoms with Crippen LogP contribution in [0.4, 0.5) is 0 Å². The molecule has 0 radical (unpaired) electrons. The number of amides is 1. The van der Waals surface area contributed by atoms with Crippen molar-refractivity contribution >= 4 is 22.6 Å². The molecule has 0 aliphatic carbocycles. The maximum Gasteiger partial charge on any atom is 0.342 e. The van der Waals surface area contributed by atoms with Crippen molar-refractivity contribution in [1.29, 1.82) is 0 Å². The number of esters is 1. The number of benzene rings is 2. The molecule has 2 aromatic carbocycles. The molecule has 23 heavy (non-hydrogen) atoms. The predicted octanol–water partition coefficient (Wildman–Crippen LogP) is 3.01. The standard InChI is InChI=1S/C18H21NO4/c1-2-3-6-11-19-16(20)12-23-18(22)15-10-9-13-7-4-5-8-14(13)17(15)21/h4-5,7-10,21H,2-3,6,11-12H2,1H3,(H,19,20). The molecule has 5 nitrogen and oxygen atoms in total. The van der Waals surface area contributed by atoms with Crippen LogP contribution in [-0.2, 0) is 9.53 Å². The van der Waals surface area contributed by atoms with Gasteiger partial charge in [0.1, 0.15) is 11.3 Å². The number of phenolic OH excluding ortho intramolecular Hbond substituents is 1. The number of unbranched alkanes of at least 4 members (excludes halogenated alkanes) is 2. The molecule has 0 saturated carbocycles. The van der Waals surface area contributed by atoms with E-state index in [1.54, 1.807) is 18.2 Å². The number of aromatic hydroxyl groups is 1. The Morgan fingerprint density at radius 1 is 1.13 bits per heavy atom. The molecule has 0 heterocycles. The molecule has 2 N–H and O–H groups in total. The predicted molar refractivity (Wildman–Crippen MR) is 88.4 cm³/mol. The molecular weight excluding hydrogens is 294 g/mol. The van der Waals surface area contributed by atoms with Crippen molar-refractivity contribution in [2.75, 3.05) is 13.2 Å². The van der Waals surface area contributed by atoms with Gasteiger partial charge in [-0.05, 0) is 17.9 Å². The Bertz CT molecular complexity index is 696. The zero-order chi connectivity index (χ0) is 16.7. The van der Waals surface area contributed by atoms with Crippen LogP contribution in [0.1, 0.15) is 36.5 Å². The second kappa shape index (κ2) is 8.17. The molecule has 0 aliphatic heterocycles. The van der Waals surface area contributed by atoms with Gasteiger partial charge in [-0.1, -0.05) is 50.1 Å². The van der Waals surface area contributed by atoms with Crippen LogP contribution in [0, 0.1) is 0 Å². The summed E-state index contributed by atoms with van der Waals surface area (Å²) in [6, 6.07) is 10.4. The molecule has 0 fully saturated rings. The van der Waals surface area contributed by atoms with E-state index in [9.17, 15) is 14.7 Å². The van der Waals surface area contributed by atoms with E-state index in [1.165, 1.54) is 6.07 Å². The Labute approximate surface area is 135 Å². The normalized spacial score (nSPS) is 10.5. The van der Waals surface area contributed by atoms with Crippen LogP contribution >= 0.6 is 0 Å². The van der Waals surface area contributed by atoms with Gasteiger partial charge in [-0.3, -0.25) is 4.79 Å². The summed E-state index contributed by atoms with van der Waals surface area (Å²) >= 11 is 0. The SMILES string of the molecule is CCCCCNC(=O)COC(=O)c1ccc2ccccc2c1O. The fourth-order valence-corrected chi connectivity index (χ4v) is 2.28. The largest absolute Gasteiger partial charge is 0.506 e. The fraction of sp³-hybridized carbons (Fsp3) is 0.333. The molecule has 1 amide bonds. The Kier molecular flexibility index (Phi) is 5.97. The molecule has 122 valence electrons. The van der Waals surface area contributed by atoms with Gasteiger partial charge in [0, 0.05) is 11.9 Å². The van der Waals surface area contributed by atoms with E-state index in [-0.39, 0.29) is 23.8 Å². The van der Waals surface area contributed by atoms with Crippen molar-refractivity contribution in [3.8, 4) is 5.75 Å². The number of nitrogens with one attached hydrogen (secondary N) is 1. The van der Waals surface area contributed by atoms with E-state index >= 15 is 0 Å². The van der Waals surface area contributed by atoms with Crippen molar-refractivity contribution in [1.82, 2.24) is 5.32 Å². The summed E-state index contributed by atoms with van der Waals surface area (Å²) in [5, 5.41) is 14.3. The molecule has 0 unspecified atom stereocenters. The first-order chi connectivity index (χ1) is 11.1. The summed E-state index contributed by atoms with van der Waals surface area (Å²) in [4.78, 5) is 23.6. The van der Waals surface area contributed by atoms with Crippen LogP contribution in [0.5, 0.6) is 5.75 Å². The van der Waals surface area contributed by atoms with Crippen molar-refractivity contribution in [3.63, 3.8) is 0 Å². The maximum atomic E-state index is 12.0. The molecule has 0 saturated heterocycles. The highest BCUT2D eigenvalue weighted by Gasteiger charge is 2.16. The third kappa shape index (κ3) is 4.45. The zero-order valence-electron chi connectivity index (χ0n) is 13.2. The van der Waals surface area contributed by atoms with Gasteiger partial charge >= 0.3 is 5.97 Å². The van der Waals surface area contributed by atoms with E-state index in [4.69, 9.17) is 4.74 Å². The van der Waals surface area contributed by atoms with E-state index in [1.807, 2.05) is 12.1 Å². The Morgan fingerprint density at radius 3 is 2.70 bits per heavy atom. The van der Waals surface area contributed by atoms with E-state index in [0.29, 0.717) is 11.9 Å². The van der Waals surface area contributed by atoms with Crippen LogP contribution in [0.25, 0.3) is 10.8 Å². The van der Waals surface area contributed by atoms with E-state index in [0.717, 1.165) is 24.6 Å². The minimum Gasteiger partial charge on any atom is -0.506 e. The third-order valence-electron chi connectivity index (χ3n) is 3.56. The molecule has 2 aromatic rings. The van der Waals surface area contributed by atoms with E-state index in [2.05, 4.69) is 12.2 Å². The first-order valence-corrected chi connectivity index (χ1v) is 7.78. The lowest BCUT2D eigenvalue weighted by Gasteiger charge is -2.09. The number of carbonyl (C=O) groups is 2. The molecule has 0 aliphatic rings. The molecule has 5 heteroatoms. The minimum absolute atomic E-state index is 0.0579. The Balaban J connectivity index is 1.93. The molecule has 2 rings (SSSR count). The van der Waals surface area contributed by atoms with Gasteiger partial charge in [-0.25, -0.2) is 4.79 Å². The Hall–Kier alpha value is -2.56. The lowest BCUT2D eigenvalue weighted by Crippen LogP contribution is -2.29. The van der Waals surface area contributed by atoms with Gasteiger partial charge in [0.15, 0.2) is 6.61 Å². The molecule has 0 atom stereocenters. The van der Waals surface area contributed by atoms with Gasteiger partial charge < -0.3 is 15.2 Å². The summed E-state index contributed by atoms with van der Waals surface area (Å²) < 4.78 is 4.97. The summed E-state index contributed by atoms with van der Waals surface area (Å²) in [6.07, 6.45) is 3.03. The van der Waals surface area contributed by atoms with Gasteiger partial charge in [0.25, 0.3) is 5.91 Å². The first-order valence-electron chi connectivity index (χ1n) is 7.78. The summed E-state index contributed by atoms with van der Waals surface area (Å²) in [5.41, 5.74) is 0.0579. The summed E-state index contributed by atoms with van der Waals surface area (Å²) in [6.45, 7) is 2.31. The first kappa shape index (κ1) is 16.8. The van der Waals surface area contributed by atoms with Crippen molar-refractivity contribution < 1.29 is 19.4 Å². The molecular formula is C18H21NO4. The van der Waals surface area contributed by atoms with Gasteiger partial charge in [-0.2, -0.15) is 0 Å². The second-order valence-electron chi connectivity index (χ2n) is 5.32. The third-order valence-corrected chi connectivity index (χ3v) is 3.56. The number of carbonyl (C=O) groups excluding carboxylic acids is 2. The summed E-state index contributed by atoms with van der Waals surface area (Å²) in [7, 11) is 0. The quantitative estimate of drug-likeness (QED) is 0.608. The highest BCUT2D eigenvalue weighted by molar-refractivity contribution is 6.01. The van der Waals surface area contributed by atoms with Gasteiger partial charge in [-0.15, -0.1) is 0 Å². The highest BCUT2D eigenvalue weighted by Crippen LogP contribution is 2.28. The smallest absolute Gasteiger partial charge is 0.342 e. The van der Waals surface area contributed by atoms with Crippen LogP contribution in [0.15, 0.2) is 36.4 Å². The average molecular weight is 315 g/mol. The van der Waals surface area contributed by atoms with Gasteiger partial charge in [0.05, 0.1) is 0 Å². The summed E-state index contributed by atoms with van der Waals surface area (Å²) in [5.74, 6) is -1.18.